The van der Waals surface area contributed by atoms with Crippen molar-refractivity contribution in [2.24, 2.45) is 5.92 Å². The standard InChI is InChI=1S/C25H29FN2O5/c1-31-22-9-8-20(13-23(22)32-2)28-15-18(12-24(28)29)25(30)27(16-21-7-4-10-33-21)14-17-5-3-6-19(26)11-17/h3,5-6,8-9,11,13,18,21H,4,7,10,12,14-16H2,1-2H3. The number of ether oxygens (including phenoxy) is 3. The molecule has 0 aliphatic carbocycles. The molecule has 2 fully saturated rings. The Morgan fingerprint density at radius 2 is 2.00 bits per heavy atom. The van der Waals surface area contributed by atoms with E-state index in [0.29, 0.717) is 35.9 Å². The number of hydrogen-bond acceptors (Lipinski definition) is 5. The molecule has 0 aromatic heterocycles. The van der Waals surface area contributed by atoms with Crippen LogP contribution >= 0.6 is 0 Å². The summed E-state index contributed by atoms with van der Waals surface area (Å²) in [5, 5.41) is 0. The SMILES string of the molecule is COc1ccc(N2CC(C(=O)N(Cc3cccc(F)c3)CC3CCCO3)CC2=O)cc1OC. The number of anilines is 1. The minimum atomic E-state index is -0.486. The van der Waals surface area contributed by atoms with E-state index in [0.717, 1.165) is 12.8 Å². The monoisotopic (exact) mass is 456 g/mol. The van der Waals surface area contributed by atoms with Crippen LogP contribution in [0.5, 0.6) is 11.5 Å². The molecule has 2 aromatic carbocycles. The lowest BCUT2D eigenvalue weighted by molar-refractivity contribution is -0.138. The summed E-state index contributed by atoms with van der Waals surface area (Å²) in [6.45, 7) is 1.66. The van der Waals surface area contributed by atoms with Crippen LogP contribution in [0.1, 0.15) is 24.8 Å². The van der Waals surface area contributed by atoms with E-state index in [2.05, 4.69) is 0 Å². The Bertz CT molecular complexity index is 1010. The van der Waals surface area contributed by atoms with Gasteiger partial charge in [0, 0.05) is 44.4 Å². The predicted molar refractivity (Wildman–Crippen MR) is 121 cm³/mol. The Morgan fingerprint density at radius 3 is 2.70 bits per heavy atom. The zero-order valence-corrected chi connectivity index (χ0v) is 19.0. The van der Waals surface area contributed by atoms with Gasteiger partial charge in [-0.2, -0.15) is 0 Å². The minimum absolute atomic E-state index is 0.0402. The highest BCUT2D eigenvalue weighted by Gasteiger charge is 2.38. The van der Waals surface area contributed by atoms with Crippen LogP contribution in [-0.4, -0.2) is 56.7 Å². The van der Waals surface area contributed by atoms with Gasteiger partial charge in [0.25, 0.3) is 0 Å². The molecule has 2 aliphatic heterocycles. The summed E-state index contributed by atoms with van der Waals surface area (Å²) in [6, 6.07) is 11.5. The second-order valence-corrected chi connectivity index (χ2v) is 8.43. The Labute approximate surface area is 193 Å². The number of carbonyl (C=O) groups is 2. The van der Waals surface area contributed by atoms with E-state index < -0.39 is 5.92 Å². The van der Waals surface area contributed by atoms with E-state index in [1.54, 1.807) is 47.2 Å². The molecule has 0 radical (unpaired) electrons. The van der Waals surface area contributed by atoms with Crippen molar-refractivity contribution in [3.63, 3.8) is 0 Å². The largest absolute Gasteiger partial charge is 0.493 e. The third-order valence-corrected chi connectivity index (χ3v) is 6.18. The van der Waals surface area contributed by atoms with Crippen molar-refractivity contribution < 1.29 is 28.2 Å². The Hall–Kier alpha value is -3.13. The van der Waals surface area contributed by atoms with E-state index in [9.17, 15) is 14.0 Å². The first-order chi connectivity index (χ1) is 16.0. The molecule has 7 nitrogen and oxygen atoms in total. The molecule has 4 rings (SSSR count). The van der Waals surface area contributed by atoms with E-state index in [-0.39, 0.29) is 43.2 Å². The lowest BCUT2D eigenvalue weighted by Crippen LogP contribution is -2.41. The number of rotatable bonds is 8. The zero-order valence-electron chi connectivity index (χ0n) is 19.0. The number of carbonyl (C=O) groups excluding carboxylic acids is 2. The van der Waals surface area contributed by atoms with Crippen LogP contribution in [0.15, 0.2) is 42.5 Å². The number of hydrogen-bond donors (Lipinski definition) is 0. The molecule has 2 heterocycles. The van der Waals surface area contributed by atoms with Crippen LogP contribution in [0.4, 0.5) is 10.1 Å². The van der Waals surface area contributed by atoms with Gasteiger partial charge in [-0.1, -0.05) is 12.1 Å². The number of nitrogens with zero attached hydrogens (tertiary/aromatic N) is 2. The van der Waals surface area contributed by atoms with Gasteiger partial charge in [-0.15, -0.1) is 0 Å². The van der Waals surface area contributed by atoms with E-state index in [1.807, 2.05) is 0 Å². The highest BCUT2D eigenvalue weighted by atomic mass is 19.1. The van der Waals surface area contributed by atoms with Gasteiger partial charge in [-0.3, -0.25) is 9.59 Å². The normalized spacial score (nSPS) is 20.2. The first-order valence-corrected chi connectivity index (χ1v) is 11.2. The average Bonchev–Trinajstić information content (AvgIpc) is 3.47. The van der Waals surface area contributed by atoms with Gasteiger partial charge in [0.2, 0.25) is 11.8 Å². The number of amides is 2. The molecule has 8 heteroatoms. The molecule has 0 saturated carbocycles. The van der Waals surface area contributed by atoms with Gasteiger partial charge < -0.3 is 24.0 Å². The first-order valence-electron chi connectivity index (χ1n) is 11.2. The van der Waals surface area contributed by atoms with Crippen molar-refractivity contribution in [1.29, 1.82) is 0 Å². The summed E-state index contributed by atoms with van der Waals surface area (Å²) >= 11 is 0. The average molecular weight is 457 g/mol. The highest BCUT2D eigenvalue weighted by molar-refractivity contribution is 6.00. The summed E-state index contributed by atoms with van der Waals surface area (Å²) in [4.78, 5) is 29.7. The maximum absolute atomic E-state index is 13.7. The van der Waals surface area contributed by atoms with Crippen molar-refractivity contribution in [3.8, 4) is 11.5 Å². The van der Waals surface area contributed by atoms with Crippen LogP contribution in [0.25, 0.3) is 0 Å². The molecule has 0 spiro atoms. The van der Waals surface area contributed by atoms with E-state index >= 15 is 0 Å². The van der Waals surface area contributed by atoms with Gasteiger partial charge in [0.05, 0.1) is 26.2 Å². The van der Waals surface area contributed by atoms with Gasteiger partial charge in [-0.05, 0) is 42.7 Å². The van der Waals surface area contributed by atoms with Gasteiger partial charge >= 0.3 is 0 Å². The van der Waals surface area contributed by atoms with Crippen LogP contribution in [0, 0.1) is 11.7 Å². The fraction of sp³-hybridized carbons (Fsp3) is 0.440. The number of halogens is 1. The molecule has 0 bridgehead atoms. The molecule has 2 amide bonds. The quantitative estimate of drug-likeness (QED) is 0.609. The summed E-state index contributed by atoms with van der Waals surface area (Å²) in [5.41, 5.74) is 1.37. The van der Waals surface area contributed by atoms with Crippen LogP contribution in [0.2, 0.25) is 0 Å². The molecule has 2 aromatic rings. The van der Waals surface area contributed by atoms with E-state index in [1.165, 1.54) is 19.2 Å². The maximum Gasteiger partial charge on any atom is 0.228 e. The number of methoxy groups -OCH3 is 2. The second kappa shape index (κ2) is 10.2. The minimum Gasteiger partial charge on any atom is -0.493 e. The van der Waals surface area contributed by atoms with Crippen LogP contribution in [0.3, 0.4) is 0 Å². The summed E-state index contributed by atoms with van der Waals surface area (Å²) in [6.07, 6.45) is 1.93. The highest BCUT2D eigenvalue weighted by Crippen LogP contribution is 2.34. The Morgan fingerprint density at radius 1 is 1.18 bits per heavy atom. The van der Waals surface area contributed by atoms with Crippen LogP contribution in [-0.2, 0) is 20.9 Å². The lowest BCUT2D eigenvalue weighted by Gasteiger charge is -2.28. The molecule has 2 saturated heterocycles. The lowest BCUT2D eigenvalue weighted by atomic mass is 10.1. The van der Waals surface area contributed by atoms with Crippen molar-refractivity contribution in [2.75, 3.05) is 38.8 Å². The van der Waals surface area contributed by atoms with Crippen molar-refractivity contribution in [1.82, 2.24) is 4.90 Å². The molecule has 2 unspecified atom stereocenters. The van der Waals surface area contributed by atoms with Gasteiger partial charge in [0.1, 0.15) is 5.82 Å². The molecule has 0 N–H and O–H groups in total. The van der Waals surface area contributed by atoms with Crippen molar-refractivity contribution in [3.05, 3.63) is 53.8 Å². The second-order valence-electron chi connectivity index (χ2n) is 8.43. The van der Waals surface area contributed by atoms with Crippen molar-refractivity contribution >= 4 is 17.5 Å². The molecular formula is C25H29FN2O5. The van der Waals surface area contributed by atoms with E-state index in [4.69, 9.17) is 14.2 Å². The molecule has 33 heavy (non-hydrogen) atoms. The van der Waals surface area contributed by atoms with Crippen molar-refractivity contribution in [2.45, 2.75) is 31.9 Å². The predicted octanol–water partition coefficient (Wildman–Crippen LogP) is 3.40. The van der Waals surface area contributed by atoms with Crippen LogP contribution < -0.4 is 14.4 Å². The van der Waals surface area contributed by atoms with Gasteiger partial charge in [0.15, 0.2) is 11.5 Å². The molecule has 176 valence electrons. The smallest absolute Gasteiger partial charge is 0.228 e. The molecular weight excluding hydrogens is 427 g/mol. The fourth-order valence-electron chi connectivity index (χ4n) is 4.50. The summed E-state index contributed by atoms with van der Waals surface area (Å²) in [7, 11) is 3.09. The fourth-order valence-corrected chi connectivity index (χ4v) is 4.50. The summed E-state index contributed by atoms with van der Waals surface area (Å²) < 4.78 is 30.1. The molecule has 2 aliphatic rings. The summed E-state index contributed by atoms with van der Waals surface area (Å²) in [5.74, 6) is 0.0183. The first kappa shape index (κ1) is 23.0. The maximum atomic E-state index is 13.7. The Balaban J connectivity index is 1.51. The Kier molecular flexibility index (Phi) is 7.13. The third kappa shape index (κ3) is 5.27. The number of benzene rings is 2. The topological polar surface area (TPSA) is 68.3 Å². The third-order valence-electron chi connectivity index (χ3n) is 6.18. The van der Waals surface area contributed by atoms with Gasteiger partial charge in [-0.25, -0.2) is 4.39 Å². The zero-order chi connectivity index (χ0) is 23.4. The molecule has 2 atom stereocenters.